The number of anilines is 1. The standard InChI is InChI=1S/C11H13ClF3N3O2/c1-10(2)19-5-6(20-10)4-16-8-3-7(12)17-9(18-8)11(13,14)15/h3,6H,4-5H2,1-2H3,(H,16,17,18). The summed E-state index contributed by atoms with van der Waals surface area (Å²) in [5, 5.41) is 2.46. The molecule has 1 aromatic rings. The molecule has 112 valence electrons. The van der Waals surface area contributed by atoms with Gasteiger partial charge in [0.1, 0.15) is 17.1 Å². The van der Waals surface area contributed by atoms with E-state index >= 15 is 0 Å². The number of hydrogen-bond acceptors (Lipinski definition) is 5. The fourth-order valence-electron chi connectivity index (χ4n) is 1.72. The minimum Gasteiger partial charge on any atom is -0.367 e. The highest BCUT2D eigenvalue weighted by atomic mass is 35.5. The molecule has 0 aliphatic carbocycles. The van der Waals surface area contributed by atoms with Crippen LogP contribution in [0.5, 0.6) is 0 Å². The van der Waals surface area contributed by atoms with Gasteiger partial charge in [-0.15, -0.1) is 0 Å². The molecule has 1 aliphatic rings. The second-order valence-corrected chi connectivity index (χ2v) is 5.12. The zero-order chi connectivity index (χ0) is 15.0. The molecule has 1 aromatic heterocycles. The Labute approximate surface area is 118 Å². The van der Waals surface area contributed by atoms with E-state index < -0.39 is 17.8 Å². The van der Waals surface area contributed by atoms with Gasteiger partial charge in [-0.25, -0.2) is 9.97 Å². The van der Waals surface area contributed by atoms with Crippen LogP contribution in [0, 0.1) is 0 Å². The predicted octanol–water partition coefficient (Wildman–Crippen LogP) is 2.71. The number of aromatic nitrogens is 2. The number of rotatable bonds is 3. The number of halogens is 4. The summed E-state index contributed by atoms with van der Waals surface area (Å²) < 4.78 is 48.5. The summed E-state index contributed by atoms with van der Waals surface area (Å²) in [4.78, 5) is 6.52. The van der Waals surface area contributed by atoms with Crippen LogP contribution in [-0.2, 0) is 15.7 Å². The van der Waals surface area contributed by atoms with Crippen molar-refractivity contribution in [2.45, 2.75) is 31.9 Å². The quantitative estimate of drug-likeness (QED) is 0.870. The van der Waals surface area contributed by atoms with Crippen molar-refractivity contribution in [1.82, 2.24) is 9.97 Å². The Morgan fingerprint density at radius 3 is 2.70 bits per heavy atom. The van der Waals surface area contributed by atoms with Gasteiger partial charge < -0.3 is 14.8 Å². The van der Waals surface area contributed by atoms with E-state index in [4.69, 9.17) is 21.1 Å². The Kier molecular flexibility index (Phi) is 4.08. The van der Waals surface area contributed by atoms with Gasteiger partial charge in [0.15, 0.2) is 5.79 Å². The SMILES string of the molecule is CC1(C)OCC(CNc2cc(Cl)nc(C(F)(F)F)n2)O1. The number of nitrogens with zero attached hydrogens (tertiary/aromatic N) is 2. The first kappa shape index (κ1) is 15.3. The summed E-state index contributed by atoms with van der Waals surface area (Å²) in [5.74, 6) is -1.98. The van der Waals surface area contributed by atoms with E-state index in [1.54, 1.807) is 13.8 Å². The maximum Gasteiger partial charge on any atom is 0.451 e. The summed E-state index contributed by atoms with van der Waals surface area (Å²) in [6, 6.07) is 1.22. The van der Waals surface area contributed by atoms with Crippen LogP contribution >= 0.6 is 11.6 Å². The van der Waals surface area contributed by atoms with Crippen LogP contribution in [0.15, 0.2) is 6.07 Å². The van der Waals surface area contributed by atoms with Crippen molar-refractivity contribution in [3.05, 3.63) is 17.0 Å². The molecule has 1 N–H and O–H groups in total. The average Bonchev–Trinajstić information content (AvgIpc) is 2.64. The van der Waals surface area contributed by atoms with E-state index in [9.17, 15) is 13.2 Å². The molecule has 20 heavy (non-hydrogen) atoms. The lowest BCUT2D eigenvalue weighted by molar-refractivity contribution is -0.144. The highest BCUT2D eigenvalue weighted by Gasteiger charge is 2.36. The van der Waals surface area contributed by atoms with Crippen molar-refractivity contribution in [3.8, 4) is 0 Å². The zero-order valence-corrected chi connectivity index (χ0v) is 11.5. The van der Waals surface area contributed by atoms with Crippen molar-refractivity contribution in [1.29, 1.82) is 0 Å². The van der Waals surface area contributed by atoms with Gasteiger partial charge in [0.25, 0.3) is 0 Å². The molecule has 0 aromatic carbocycles. The minimum atomic E-state index is -4.64. The van der Waals surface area contributed by atoms with E-state index in [-0.39, 0.29) is 23.6 Å². The topological polar surface area (TPSA) is 56.3 Å². The average molecular weight is 312 g/mol. The Balaban J connectivity index is 2.02. The van der Waals surface area contributed by atoms with Gasteiger partial charge >= 0.3 is 6.18 Å². The molecule has 1 aliphatic heterocycles. The van der Waals surface area contributed by atoms with E-state index in [0.717, 1.165) is 0 Å². The van der Waals surface area contributed by atoms with Gasteiger partial charge in [-0.1, -0.05) is 11.6 Å². The molecule has 2 rings (SSSR count). The molecule has 0 radical (unpaired) electrons. The van der Waals surface area contributed by atoms with Crippen LogP contribution in [0.25, 0.3) is 0 Å². The van der Waals surface area contributed by atoms with Gasteiger partial charge in [-0.2, -0.15) is 13.2 Å². The first-order chi connectivity index (χ1) is 9.16. The fourth-order valence-corrected chi connectivity index (χ4v) is 1.90. The van der Waals surface area contributed by atoms with Crippen LogP contribution in [0.3, 0.4) is 0 Å². The normalized spacial score (nSPS) is 22.0. The third-order valence-corrected chi connectivity index (χ3v) is 2.72. The molecular formula is C11H13ClF3N3O2. The molecular weight excluding hydrogens is 299 g/mol. The van der Waals surface area contributed by atoms with Crippen LogP contribution in [0.1, 0.15) is 19.7 Å². The molecule has 1 unspecified atom stereocenters. The number of hydrogen-bond donors (Lipinski definition) is 1. The molecule has 1 fully saturated rings. The lowest BCUT2D eigenvalue weighted by Gasteiger charge is -2.17. The third kappa shape index (κ3) is 3.94. The Hall–Kier alpha value is -1.12. The number of nitrogens with one attached hydrogen (secondary N) is 1. The summed E-state index contributed by atoms with van der Waals surface area (Å²) in [6.07, 6.45) is -4.91. The van der Waals surface area contributed by atoms with E-state index in [0.29, 0.717) is 6.61 Å². The van der Waals surface area contributed by atoms with Crippen LogP contribution in [0.4, 0.5) is 19.0 Å². The van der Waals surface area contributed by atoms with Gasteiger partial charge in [-0.3, -0.25) is 0 Å². The summed E-state index contributed by atoms with van der Waals surface area (Å²) in [6.45, 7) is 4.13. The van der Waals surface area contributed by atoms with Crippen molar-refractivity contribution in [3.63, 3.8) is 0 Å². The second kappa shape index (κ2) is 5.34. The molecule has 0 amide bonds. The first-order valence-corrected chi connectivity index (χ1v) is 6.21. The van der Waals surface area contributed by atoms with E-state index in [1.165, 1.54) is 6.07 Å². The lowest BCUT2D eigenvalue weighted by atomic mass is 10.3. The van der Waals surface area contributed by atoms with Gasteiger partial charge in [-0.05, 0) is 13.8 Å². The van der Waals surface area contributed by atoms with Gasteiger partial charge in [0.2, 0.25) is 5.82 Å². The Bertz CT molecular complexity index is 496. The Morgan fingerprint density at radius 2 is 2.15 bits per heavy atom. The molecule has 0 saturated carbocycles. The smallest absolute Gasteiger partial charge is 0.367 e. The van der Waals surface area contributed by atoms with Gasteiger partial charge in [0.05, 0.1) is 6.61 Å². The highest BCUT2D eigenvalue weighted by molar-refractivity contribution is 6.29. The van der Waals surface area contributed by atoms with E-state index in [1.807, 2.05) is 0 Å². The molecule has 9 heteroatoms. The zero-order valence-electron chi connectivity index (χ0n) is 10.8. The molecule has 5 nitrogen and oxygen atoms in total. The summed E-state index contributed by atoms with van der Waals surface area (Å²) >= 11 is 5.55. The minimum absolute atomic E-state index is 0.00867. The van der Waals surface area contributed by atoms with Gasteiger partial charge in [0, 0.05) is 12.6 Å². The largest absolute Gasteiger partial charge is 0.451 e. The van der Waals surface area contributed by atoms with Crippen LogP contribution in [-0.4, -0.2) is 35.0 Å². The molecule has 1 saturated heterocycles. The maximum absolute atomic E-state index is 12.5. The van der Waals surface area contributed by atoms with Crippen molar-refractivity contribution < 1.29 is 22.6 Å². The van der Waals surface area contributed by atoms with Crippen molar-refractivity contribution >= 4 is 17.4 Å². The molecule has 2 heterocycles. The number of ether oxygens (including phenoxy) is 2. The first-order valence-electron chi connectivity index (χ1n) is 5.83. The lowest BCUT2D eigenvalue weighted by Crippen LogP contribution is -2.26. The number of alkyl halides is 3. The highest BCUT2D eigenvalue weighted by Crippen LogP contribution is 2.28. The second-order valence-electron chi connectivity index (χ2n) is 4.73. The van der Waals surface area contributed by atoms with Crippen LogP contribution < -0.4 is 5.32 Å². The maximum atomic E-state index is 12.5. The molecule has 1 atom stereocenters. The summed E-state index contributed by atoms with van der Waals surface area (Å²) in [5.41, 5.74) is 0. The summed E-state index contributed by atoms with van der Waals surface area (Å²) in [7, 11) is 0. The van der Waals surface area contributed by atoms with Crippen molar-refractivity contribution in [2.24, 2.45) is 0 Å². The van der Waals surface area contributed by atoms with E-state index in [2.05, 4.69) is 15.3 Å². The molecule has 0 bridgehead atoms. The predicted molar refractivity (Wildman–Crippen MR) is 65.4 cm³/mol. The van der Waals surface area contributed by atoms with Crippen molar-refractivity contribution in [2.75, 3.05) is 18.5 Å². The monoisotopic (exact) mass is 311 g/mol. The molecule has 0 spiro atoms. The van der Waals surface area contributed by atoms with Crippen LogP contribution in [0.2, 0.25) is 5.15 Å². The third-order valence-electron chi connectivity index (χ3n) is 2.53. The Morgan fingerprint density at radius 1 is 1.45 bits per heavy atom. The fraction of sp³-hybridized carbons (Fsp3) is 0.636.